The largest absolute Gasteiger partial charge is 0.369 e. The molecule has 2 N–H and O–H groups in total. The number of nitrogens with two attached hydrogens (primary N) is 1. The molecule has 0 saturated heterocycles. The maximum atomic E-state index is 11.4. The van der Waals surface area contributed by atoms with E-state index in [1.54, 1.807) is 0 Å². The molecule has 3 aromatic rings. The molecule has 0 aliphatic carbocycles. The molecule has 3 nitrogen and oxygen atoms in total. The SMILES string of the molecule is CCC(C(N)=O)c1ccc(-c2cnc3ccccc3c2)cc1. The van der Waals surface area contributed by atoms with Gasteiger partial charge in [-0.15, -0.1) is 0 Å². The number of rotatable bonds is 4. The van der Waals surface area contributed by atoms with Crippen LogP contribution in [0.5, 0.6) is 0 Å². The van der Waals surface area contributed by atoms with Crippen molar-refractivity contribution in [1.82, 2.24) is 4.98 Å². The smallest absolute Gasteiger partial charge is 0.224 e. The molecule has 1 heterocycles. The predicted molar refractivity (Wildman–Crippen MR) is 89.4 cm³/mol. The first kappa shape index (κ1) is 14.3. The van der Waals surface area contributed by atoms with E-state index >= 15 is 0 Å². The van der Waals surface area contributed by atoms with Crippen molar-refractivity contribution in [3.63, 3.8) is 0 Å². The van der Waals surface area contributed by atoms with Gasteiger partial charge in [0.1, 0.15) is 0 Å². The average Bonchev–Trinajstić information content (AvgIpc) is 2.55. The predicted octanol–water partition coefficient (Wildman–Crippen LogP) is 3.88. The van der Waals surface area contributed by atoms with Crippen LogP contribution in [-0.2, 0) is 4.79 Å². The Labute approximate surface area is 129 Å². The molecule has 0 aliphatic heterocycles. The van der Waals surface area contributed by atoms with E-state index in [0.717, 1.165) is 27.6 Å². The summed E-state index contributed by atoms with van der Waals surface area (Å²) in [6.07, 6.45) is 2.59. The number of amides is 1. The highest BCUT2D eigenvalue weighted by Gasteiger charge is 2.15. The summed E-state index contributed by atoms with van der Waals surface area (Å²) in [5.41, 5.74) is 9.55. The van der Waals surface area contributed by atoms with Crippen LogP contribution < -0.4 is 5.73 Å². The van der Waals surface area contributed by atoms with Gasteiger partial charge in [-0.25, -0.2) is 0 Å². The van der Waals surface area contributed by atoms with Gasteiger partial charge in [-0.1, -0.05) is 49.4 Å². The van der Waals surface area contributed by atoms with Crippen molar-refractivity contribution in [1.29, 1.82) is 0 Å². The number of primary amides is 1. The number of para-hydroxylation sites is 1. The Balaban J connectivity index is 1.95. The fourth-order valence-electron chi connectivity index (χ4n) is 2.74. The molecule has 0 saturated carbocycles. The summed E-state index contributed by atoms with van der Waals surface area (Å²) in [6, 6.07) is 18.2. The molecular weight excluding hydrogens is 272 g/mol. The Kier molecular flexibility index (Phi) is 3.88. The van der Waals surface area contributed by atoms with Crippen molar-refractivity contribution in [3.8, 4) is 11.1 Å². The normalized spacial score (nSPS) is 12.2. The first-order chi connectivity index (χ1) is 10.7. The second-order valence-electron chi connectivity index (χ2n) is 5.40. The lowest BCUT2D eigenvalue weighted by Gasteiger charge is -2.12. The molecule has 1 atom stereocenters. The molecule has 2 aromatic carbocycles. The molecule has 22 heavy (non-hydrogen) atoms. The van der Waals surface area contributed by atoms with E-state index in [-0.39, 0.29) is 11.8 Å². The van der Waals surface area contributed by atoms with Crippen LogP contribution in [0, 0.1) is 0 Å². The van der Waals surface area contributed by atoms with Crippen molar-refractivity contribution in [2.24, 2.45) is 5.73 Å². The van der Waals surface area contributed by atoms with Gasteiger partial charge < -0.3 is 5.73 Å². The fourth-order valence-corrected chi connectivity index (χ4v) is 2.74. The summed E-state index contributed by atoms with van der Waals surface area (Å²) >= 11 is 0. The van der Waals surface area contributed by atoms with Crippen LogP contribution in [0.15, 0.2) is 60.8 Å². The van der Waals surface area contributed by atoms with Gasteiger partial charge in [0.25, 0.3) is 0 Å². The third kappa shape index (κ3) is 2.70. The summed E-state index contributed by atoms with van der Waals surface area (Å²) in [6.45, 7) is 1.97. The number of hydrogen-bond donors (Lipinski definition) is 1. The van der Waals surface area contributed by atoms with Crippen molar-refractivity contribution >= 4 is 16.8 Å². The standard InChI is InChI=1S/C19H18N2O/c1-2-17(19(20)22)14-9-7-13(8-10-14)16-11-15-5-3-4-6-18(15)21-12-16/h3-12,17H,2H2,1H3,(H2,20,22). The molecule has 0 radical (unpaired) electrons. The molecule has 3 heteroatoms. The van der Waals surface area contributed by atoms with Gasteiger partial charge in [-0.3, -0.25) is 9.78 Å². The molecule has 110 valence electrons. The quantitative estimate of drug-likeness (QED) is 0.792. The van der Waals surface area contributed by atoms with Gasteiger partial charge in [-0.05, 0) is 29.7 Å². The zero-order chi connectivity index (χ0) is 15.5. The van der Waals surface area contributed by atoms with Gasteiger partial charge in [0.15, 0.2) is 0 Å². The third-order valence-corrected chi connectivity index (χ3v) is 3.99. The Morgan fingerprint density at radius 2 is 1.82 bits per heavy atom. The van der Waals surface area contributed by atoms with Crippen LogP contribution in [-0.4, -0.2) is 10.9 Å². The third-order valence-electron chi connectivity index (χ3n) is 3.99. The van der Waals surface area contributed by atoms with E-state index in [0.29, 0.717) is 6.42 Å². The lowest BCUT2D eigenvalue weighted by atomic mass is 9.94. The summed E-state index contributed by atoms with van der Waals surface area (Å²) in [5, 5.41) is 1.12. The van der Waals surface area contributed by atoms with Gasteiger partial charge in [0.05, 0.1) is 11.4 Å². The van der Waals surface area contributed by atoms with E-state index in [4.69, 9.17) is 5.73 Å². The minimum absolute atomic E-state index is 0.219. The van der Waals surface area contributed by atoms with E-state index < -0.39 is 0 Å². The monoisotopic (exact) mass is 290 g/mol. The molecule has 1 unspecified atom stereocenters. The van der Waals surface area contributed by atoms with Crippen molar-refractivity contribution < 1.29 is 4.79 Å². The highest BCUT2D eigenvalue weighted by molar-refractivity contribution is 5.84. The summed E-state index contributed by atoms with van der Waals surface area (Å²) in [4.78, 5) is 15.9. The molecule has 0 aliphatic rings. The number of hydrogen-bond acceptors (Lipinski definition) is 2. The van der Waals surface area contributed by atoms with Crippen LogP contribution in [0.3, 0.4) is 0 Å². The van der Waals surface area contributed by atoms with Gasteiger partial charge in [-0.2, -0.15) is 0 Å². The van der Waals surface area contributed by atoms with Crippen LogP contribution >= 0.6 is 0 Å². The summed E-state index contributed by atoms with van der Waals surface area (Å²) in [5.74, 6) is -0.494. The van der Waals surface area contributed by atoms with Gasteiger partial charge in [0, 0.05) is 17.1 Å². The van der Waals surface area contributed by atoms with Crippen molar-refractivity contribution in [3.05, 3.63) is 66.4 Å². The van der Waals surface area contributed by atoms with E-state index in [1.165, 1.54) is 0 Å². The molecule has 0 spiro atoms. The summed E-state index contributed by atoms with van der Waals surface area (Å²) < 4.78 is 0. The molecule has 1 aromatic heterocycles. The lowest BCUT2D eigenvalue weighted by molar-refractivity contribution is -0.119. The van der Waals surface area contributed by atoms with Crippen molar-refractivity contribution in [2.75, 3.05) is 0 Å². The Morgan fingerprint density at radius 3 is 2.50 bits per heavy atom. The molecule has 0 fully saturated rings. The van der Waals surface area contributed by atoms with Gasteiger partial charge in [0.2, 0.25) is 5.91 Å². The lowest BCUT2D eigenvalue weighted by Crippen LogP contribution is -2.20. The maximum absolute atomic E-state index is 11.4. The van der Waals surface area contributed by atoms with Crippen LogP contribution in [0.25, 0.3) is 22.0 Å². The first-order valence-corrected chi connectivity index (χ1v) is 7.43. The topological polar surface area (TPSA) is 56.0 Å². The second kappa shape index (κ2) is 5.98. The van der Waals surface area contributed by atoms with Gasteiger partial charge >= 0.3 is 0 Å². The van der Waals surface area contributed by atoms with Crippen LogP contribution in [0.1, 0.15) is 24.8 Å². The highest BCUT2D eigenvalue weighted by atomic mass is 16.1. The Morgan fingerprint density at radius 1 is 1.09 bits per heavy atom. The maximum Gasteiger partial charge on any atom is 0.224 e. The summed E-state index contributed by atoms with van der Waals surface area (Å²) in [7, 11) is 0. The number of pyridine rings is 1. The van der Waals surface area contributed by atoms with E-state index in [9.17, 15) is 4.79 Å². The number of nitrogens with zero attached hydrogens (tertiary/aromatic N) is 1. The van der Waals surface area contributed by atoms with Crippen LogP contribution in [0.4, 0.5) is 0 Å². The number of benzene rings is 2. The van der Waals surface area contributed by atoms with E-state index in [1.807, 2.05) is 55.6 Å². The average molecular weight is 290 g/mol. The number of carbonyl (C=O) groups is 1. The molecule has 3 rings (SSSR count). The Hall–Kier alpha value is -2.68. The zero-order valence-corrected chi connectivity index (χ0v) is 12.5. The highest BCUT2D eigenvalue weighted by Crippen LogP contribution is 2.26. The second-order valence-corrected chi connectivity index (χ2v) is 5.40. The Bertz CT molecular complexity index is 809. The number of aromatic nitrogens is 1. The zero-order valence-electron chi connectivity index (χ0n) is 12.5. The van der Waals surface area contributed by atoms with Crippen LogP contribution in [0.2, 0.25) is 0 Å². The van der Waals surface area contributed by atoms with E-state index in [2.05, 4.69) is 17.1 Å². The number of carbonyl (C=O) groups excluding carboxylic acids is 1. The minimum Gasteiger partial charge on any atom is -0.369 e. The number of fused-ring (bicyclic) bond motifs is 1. The fraction of sp³-hybridized carbons (Fsp3) is 0.158. The van der Waals surface area contributed by atoms with Crippen molar-refractivity contribution in [2.45, 2.75) is 19.3 Å². The first-order valence-electron chi connectivity index (χ1n) is 7.43. The molecular formula is C19H18N2O. The molecule has 1 amide bonds. The minimum atomic E-state index is -0.275. The molecule has 0 bridgehead atoms.